The van der Waals surface area contributed by atoms with Gasteiger partial charge in [-0.1, -0.05) is 38.7 Å². The average Bonchev–Trinajstić information content (AvgIpc) is 2.85. The van der Waals surface area contributed by atoms with Crippen LogP contribution in [0.2, 0.25) is 25.7 Å². The Morgan fingerprint density at radius 3 is 2.32 bits per heavy atom. The number of amides is 2. The average molecular weight is 411 g/mol. The lowest BCUT2D eigenvalue weighted by Crippen LogP contribution is -2.63. The van der Waals surface area contributed by atoms with Crippen LogP contribution in [0.5, 0.6) is 0 Å². The molecule has 3 atom stereocenters. The smallest absolute Gasteiger partial charge is 0.410 e. The summed E-state index contributed by atoms with van der Waals surface area (Å²) in [6.07, 6.45) is 1.91. The van der Waals surface area contributed by atoms with E-state index in [1.807, 2.05) is 32.6 Å². The van der Waals surface area contributed by atoms with Gasteiger partial charge in [0, 0.05) is 14.6 Å². The van der Waals surface area contributed by atoms with E-state index in [2.05, 4.69) is 26.2 Å². The molecule has 0 saturated carbocycles. The van der Waals surface area contributed by atoms with Gasteiger partial charge >= 0.3 is 12.2 Å². The molecule has 0 aromatic heterocycles. The lowest BCUT2D eigenvalue weighted by molar-refractivity contribution is -0.0164. The molecule has 28 heavy (non-hydrogen) atoms. The maximum atomic E-state index is 12.9. The summed E-state index contributed by atoms with van der Waals surface area (Å²) in [5, 5.41) is 0. The summed E-state index contributed by atoms with van der Waals surface area (Å²) < 4.78 is 11.3. The summed E-state index contributed by atoms with van der Waals surface area (Å²) in [4.78, 5) is 29.4. The Morgan fingerprint density at radius 1 is 1.14 bits per heavy atom. The number of likely N-dealkylation sites (tertiary alicyclic amines) is 1. The Bertz CT molecular complexity index is 609. The second-order valence-corrected chi connectivity index (χ2v) is 15.8. The molecule has 2 amide bonds. The van der Waals surface area contributed by atoms with E-state index in [1.165, 1.54) is 0 Å². The summed E-state index contributed by atoms with van der Waals surface area (Å²) >= 11 is 0. The molecule has 2 fully saturated rings. The van der Waals surface area contributed by atoms with Crippen molar-refractivity contribution in [1.82, 2.24) is 9.80 Å². The molecule has 0 aliphatic carbocycles. The van der Waals surface area contributed by atoms with Gasteiger partial charge in [0.15, 0.2) is 0 Å². The van der Waals surface area contributed by atoms with Crippen molar-refractivity contribution < 1.29 is 19.1 Å². The second kappa shape index (κ2) is 8.47. The molecule has 7 heteroatoms. The van der Waals surface area contributed by atoms with Gasteiger partial charge in [0.05, 0.1) is 24.7 Å². The quantitative estimate of drug-likeness (QED) is 0.479. The number of hydrogen-bond donors (Lipinski definition) is 0. The molecular weight excluding hydrogens is 372 g/mol. The molecule has 0 radical (unpaired) electrons. The van der Waals surface area contributed by atoms with Crippen LogP contribution < -0.4 is 0 Å². The van der Waals surface area contributed by atoms with Crippen LogP contribution in [-0.4, -0.2) is 66.9 Å². The molecule has 0 unspecified atom stereocenters. The predicted octanol–water partition coefficient (Wildman–Crippen LogP) is 4.88. The Hall–Kier alpha value is -1.50. The number of hydrogen-bond acceptors (Lipinski definition) is 4. The third-order valence-corrected chi connectivity index (χ3v) is 7.15. The summed E-state index contributed by atoms with van der Waals surface area (Å²) in [7, 11) is -1.27. The Kier molecular flexibility index (Phi) is 6.89. The summed E-state index contributed by atoms with van der Waals surface area (Å²) in [5.74, 6) is 0. The van der Waals surface area contributed by atoms with Crippen molar-refractivity contribution in [2.45, 2.75) is 96.4 Å². The van der Waals surface area contributed by atoms with Gasteiger partial charge in [0.2, 0.25) is 0 Å². The normalized spacial score (nSPS) is 24.9. The van der Waals surface area contributed by atoms with E-state index in [4.69, 9.17) is 9.47 Å². The highest BCUT2D eigenvalue weighted by molar-refractivity contribution is 6.76. The van der Waals surface area contributed by atoms with E-state index in [0.717, 1.165) is 30.9 Å². The van der Waals surface area contributed by atoms with Crippen LogP contribution in [0.3, 0.4) is 0 Å². The Labute approximate surface area is 171 Å². The lowest BCUT2D eigenvalue weighted by atomic mass is 9.94. The number of piperazine rings is 1. The van der Waals surface area contributed by atoms with E-state index in [0.29, 0.717) is 13.2 Å². The fourth-order valence-electron chi connectivity index (χ4n) is 3.97. The monoisotopic (exact) mass is 410 g/mol. The third-order valence-electron chi connectivity index (χ3n) is 5.44. The molecule has 2 saturated heterocycles. The number of ether oxygens (including phenoxy) is 2. The van der Waals surface area contributed by atoms with Gasteiger partial charge in [-0.15, -0.1) is 0 Å². The van der Waals surface area contributed by atoms with Crippen LogP contribution in [0, 0.1) is 0 Å². The van der Waals surface area contributed by atoms with Gasteiger partial charge < -0.3 is 9.47 Å². The third kappa shape index (κ3) is 5.52. The van der Waals surface area contributed by atoms with Gasteiger partial charge in [-0.25, -0.2) is 9.59 Å². The van der Waals surface area contributed by atoms with E-state index in [1.54, 1.807) is 4.90 Å². The summed E-state index contributed by atoms with van der Waals surface area (Å²) in [6, 6.07) is 0.620. The molecule has 2 heterocycles. The van der Waals surface area contributed by atoms with Crippen molar-refractivity contribution >= 4 is 20.3 Å². The van der Waals surface area contributed by atoms with Gasteiger partial charge in [-0.2, -0.15) is 0 Å². The first kappa shape index (κ1) is 22.8. The van der Waals surface area contributed by atoms with Crippen molar-refractivity contribution in [3.8, 4) is 0 Å². The predicted molar refractivity (Wildman–Crippen MR) is 114 cm³/mol. The number of fused-ring (bicyclic) bond motifs is 2. The lowest BCUT2D eigenvalue weighted by Gasteiger charge is -2.47. The molecule has 2 bridgehead atoms. The number of carbonyl (C=O) groups is 2. The van der Waals surface area contributed by atoms with E-state index < -0.39 is 13.7 Å². The molecule has 2 rings (SSSR count). The molecule has 0 aromatic rings. The summed E-state index contributed by atoms with van der Waals surface area (Å²) in [6.45, 7) is 19.6. The molecule has 2 aliphatic heterocycles. The van der Waals surface area contributed by atoms with Crippen molar-refractivity contribution in [2.75, 3.05) is 13.2 Å². The zero-order valence-corrected chi connectivity index (χ0v) is 19.7. The number of nitrogens with zero attached hydrogens (tertiary/aromatic N) is 2. The minimum atomic E-state index is -1.27. The molecule has 160 valence electrons. The first-order chi connectivity index (χ1) is 12.8. The van der Waals surface area contributed by atoms with Crippen LogP contribution in [0.25, 0.3) is 0 Å². The zero-order valence-electron chi connectivity index (χ0n) is 18.7. The van der Waals surface area contributed by atoms with Crippen LogP contribution in [0.15, 0.2) is 12.2 Å². The first-order valence-electron chi connectivity index (χ1n) is 10.5. The highest BCUT2D eigenvalue weighted by atomic mass is 28.3. The van der Waals surface area contributed by atoms with Gasteiger partial charge in [0.25, 0.3) is 0 Å². The van der Waals surface area contributed by atoms with Crippen molar-refractivity contribution in [2.24, 2.45) is 0 Å². The number of rotatable bonds is 5. The Balaban J connectivity index is 2.16. The molecule has 6 nitrogen and oxygen atoms in total. The highest BCUT2D eigenvalue weighted by Gasteiger charge is 2.51. The largest absolute Gasteiger partial charge is 0.450 e. The van der Waals surface area contributed by atoms with Crippen LogP contribution in [0.4, 0.5) is 9.59 Å². The maximum Gasteiger partial charge on any atom is 0.410 e. The first-order valence-corrected chi connectivity index (χ1v) is 14.2. The minimum Gasteiger partial charge on any atom is -0.450 e. The van der Waals surface area contributed by atoms with Crippen molar-refractivity contribution in [1.29, 1.82) is 0 Å². The Morgan fingerprint density at radius 2 is 1.79 bits per heavy atom. The van der Waals surface area contributed by atoms with Crippen LogP contribution in [-0.2, 0) is 9.47 Å². The molecule has 0 N–H and O–H groups in total. The maximum absolute atomic E-state index is 12.9. The topological polar surface area (TPSA) is 59.1 Å². The molecule has 0 aromatic carbocycles. The van der Waals surface area contributed by atoms with Gasteiger partial charge in [-0.3, -0.25) is 9.80 Å². The van der Waals surface area contributed by atoms with E-state index in [9.17, 15) is 9.59 Å². The molecule has 2 aliphatic rings. The second-order valence-electron chi connectivity index (χ2n) is 10.2. The molecule has 0 spiro atoms. The summed E-state index contributed by atoms with van der Waals surface area (Å²) in [5.41, 5.74) is 0.418. The highest BCUT2D eigenvalue weighted by Crippen LogP contribution is 2.38. The molecular formula is C21H38N2O4Si. The van der Waals surface area contributed by atoms with Crippen molar-refractivity contribution in [3.05, 3.63) is 12.2 Å². The van der Waals surface area contributed by atoms with Gasteiger partial charge in [-0.05, 0) is 46.1 Å². The fraction of sp³-hybridized carbons (Fsp3) is 0.810. The minimum absolute atomic E-state index is 0.0229. The van der Waals surface area contributed by atoms with Gasteiger partial charge in [0.1, 0.15) is 5.60 Å². The standard InChI is InChI=1S/C21H38N2O4Si/c1-9-15(2)18-17-11-10-16(23(17)20(25)27-21(3,4)5)14-22(18)19(24)26-12-13-28(6,7)8/h16-18H,2,9-14H2,1,3-8H3/t16-,17+,18+/m1/s1. The van der Waals surface area contributed by atoms with Crippen LogP contribution >= 0.6 is 0 Å². The van der Waals surface area contributed by atoms with Crippen LogP contribution in [0.1, 0.15) is 47.0 Å². The number of carbonyl (C=O) groups excluding carboxylic acids is 2. The van der Waals surface area contributed by atoms with Crippen molar-refractivity contribution in [3.63, 3.8) is 0 Å². The zero-order chi connectivity index (χ0) is 21.3. The SMILES string of the molecule is C=C(CC)[C@H]1[C@@H]2CC[C@H](CN1C(=O)OCC[Si](C)(C)C)N2C(=O)OC(C)(C)C. The van der Waals surface area contributed by atoms with E-state index in [-0.39, 0.29) is 30.3 Å². The van der Waals surface area contributed by atoms with E-state index >= 15 is 0 Å². The fourth-order valence-corrected chi connectivity index (χ4v) is 4.68.